The minimum atomic E-state index is 0.648. The number of benzene rings is 1. The Morgan fingerprint density at radius 3 is 2.91 bits per heavy atom. The number of ether oxygens (including phenoxy) is 1. The highest BCUT2D eigenvalue weighted by Crippen LogP contribution is 2.34. The lowest BCUT2D eigenvalue weighted by molar-refractivity contribution is 0.0473. The molecule has 1 aromatic carbocycles. The molecule has 4 heterocycles. The van der Waals surface area contributed by atoms with E-state index in [2.05, 4.69) is 15.0 Å². The molecule has 2 aromatic rings. The summed E-state index contributed by atoms with van der Waals surface area (Å²) >= 11 is 0. The first-order chi connectivity index (χ1) is 10.8. The normalized spacial score (nSPS) is 27.0. The average molecular weight is 299 g/mol. The van der Waals surface area contributed by atoms with Gasteiger partial charge in [-0.15, -0.1) is 0 Å². The van der Waals surface area contributed by atoms with Crippen LogP contribution in [0.15, 0.2) is 28.8 Å². The monoisotopic (exact) mass is 299 g/mol. The van der Waals surface area contributed by atoms with Crippen molar-refractivity contribution in [2.45, 2.75) is 19.3 Å². The first kappa shape index (κ1) is 13.8. The van der Waals surface area contributed by atoms with Gasteiger partial charge in [0.25, 0.3) is 0 Å². The van der Waals surface area contributed by atoms with Crippen molar-refractivity contribution in [3.8, 4) is 17.1 Å². The minimum absolute atomic E-state index is 0.648. The number of hydrogen-bond acceptors (Lipinski definition) is 5. The Morgan fingerprint density at radius 2 is 2.18 bits per heavy atom. The number of aromatic nitrogens is 2. The van der Waals surface area contributed by atoms with Crippen LogP contribution in [0.3, 0.4) is 0 Å². The zero-order valence-electron chi connectivity index (χ0n) is 12.9. The van der Waals surface area contributed by atoms with Crippen molar-refractivity contribution in [2.24, 2.45) is 11.8 Å². The van der Waals surface area contributed by atoms with E-state index in [0.29, 0.717) is 11.7 Å². The molecule has 0 saturated carbocycles. The van der Waals surface area contributed by atoms with Crippen molar-refractivity contribution in [1.82, 2.24) is 15.0 Å². The summed E-state index contributed by atoms with van der Waals surface area (Å²) in [5.74, 6) is 3.71. The fourth-order valence-electron chi connectivity index (χ4n) is 3.76. The van der Waals surface area contributed by atoms with E-state index in [0.717, 1.165) is 29.5 Å². The summed E-state index contributed by atoms with van der Waals surface area (Å²) < 4.78 is 10.7. The van der Waals surface area contributed by atoms with Crippen LogP contribution in [-0.2, 0) is 6.42 Å². The fourth-order valence-corrected chi connectivity index (χ4v) is 3.76. The third-order valence-electron chi connectivity index (χ3n) is 5.02. The molecule has 0 amide bonds. The van der Waals surface area contributed by atoms with Gasteiger partial charge in [-0.25, -0.2) is 0 Å². The van der Waals surface area contributed by atoms with Gasteiger partial charge in [-0.2, -0.15) is 4.98 Å². The molecule has 1 aromatic heterocycles. The molecule has 3 aliphatic heterocycles. The highest BCUT2D eigenvalue weighted by atomic mass is 16.5. The Balaban J connectivity index is 1.49. The second kappa shape index (κ2) is 5.72. The molecule has 3 saturated heterocycles. The third kappa shape index (κ3) is 2.61. The predicted octanol–water partition coefficient (Wildman–Crippen LogP) is 2.63. The van der Waals surface area contributed by atoms with Crippen molar-refractivity contribution in [3.63, 3.8) is 0 Å². The van der Waals surface area contributed by atoms with Gasteiger partial charge in [-0.3, -0.25) is 0 Å². The summed E-state index contributed by atoms with van der Waals surface area (Å²) in [5, 5.41) is 4.13. The maximum Gasteiger partial charge on any atom is 0.227 e. The molecule has 0 aliphatic carbocycles. The molecule has 2 bridgehead atoms. The van der Waals surface area contributed by atoms with E-state index in [4.69, 9.17) is 9.26 Å². The van der Waals surface area contributed by atoms with Gasteiger partial charge in [0.1, 0.15) is 5.75 Å². The average Bonchev–Trinajstić information content (AvgIpc) is 3.04. The second-order valence-electron chi connectivity index (χ2n) is 6.35. The number of hydrogen-bond donors (Lipinski definition) is 0. The molecule has 5 nitrogen and oxygen atoms in total. The quantitative estimate of drug-likeness (QED) is 0.868. The summed E-state index contributed by atoms with van der Waals surface area (Å²) in [6, 6.07) is 7.77. The van der Waals surface area contributed by atoms with Crippen LogP contribution < -0.4 is 4.74 Å². The zero-order valence-corrected chi connectivity index (χ0v) is 12.9. The Labute approximate surface area is 130 Å². The molecule has 1 unspecified atom stereocenters. The molecule has 3 fully saturated rings. The highest BCUT2D eigenvalue weighted by Gasteiger charge is 2.35. The van der Waals surface area contributed by atoms with Gasteiger partial charge in [0.2, 0.25) is 11.7 Å². The molecule has 1 atom stereocenters. The summed E-state index contributed by atoms with van der Waals surface area (Å²) in [6.45, 7) is 3.71. The summed E-state index contributed by atoms with van der Waals surface area (Å²) in [7, 11) is 1.66. The van der Waals surface area contributed by atoms with Crippen LogP contribution in [0, 0.1) is 11.8 Å². The van der Waals surface area contributed by atoms with Crippen LogP contribution in [0.4, 0.5) is 0 Å². The molecule has 5 rings (SSSR count). The van der Waals surface area contributed by atoms with Crippen molar-refractivity contribution in [2.75, 3.05) is 26.7 Å². The maximum atomic E-state index is 5.48. The van der Waals surface area contributed by atoms with Gasteiger partial charge >= 0.3 is 0 Å². The topological polar surface area (TPSA) is 51.4 Å². The molecule has 0 radical (unpaired) electrons. The Bertz CT molecular complexity index is 647. The van der Waals surface area contributed by atoms with Gasteiger partial charge in [0.05, 0.1) is 7.11 Å². The smallest absolute Gasteiger partial charge is 0.227 e. The van der Waals surface area contributed by atoms with Crippen molar-refractivity contribution in [1.29, 1.82) is 0 Å². The van der Waals surface area contributed by atoms with Crippen LogP contribution in [0.5, 0.6) is 5.75 Å². The summed E-state index contributed by atoms with van der Waals surface area (Å²) in [4.78, 5) is 7.14. The van der Waals surface area contributed by atoms with Crippen molar-refractivity contribution >= 4 is 0 Å². The SMILES string of the molecule is COc1cccc(-c2noc(CC3CN4CCC3CC4)n2)c1. The number of nitrogens with zero attached hydrogens (tertiary/aromatic N) is 3. The third-order valence-corrected chi connectivity index (χ3v) is 5.02. The Kier molecular flexibility index (Phi) is 3.58. The van der Waals surface area contributed by atoms with Crippen LogP contribution in [0.1, 0.15) is 18.7 Å². The van der Waals surface area contributed by atoms with Gasteiger partial charge in [-0.1, -0.05) is 17.3 Å². The predicted molar refractivity (Wildman–Crippen MR) is 82.6 cm³/mol. The molecule has 3 aliphatic rings. The molecule has 0 N–H and O–H groups in total. The molecule has 116 valence electrons. The lowest BCUT2D eigenvalue weighted by Crippen LogP contribution is -2.48. The standard InChI is InChI=1S/C17H21N3O2/c1-21-15-4-2-3-13(9-15)17-18-16(22-19-17)10-14-11-20-7-5-12(14)6-8-20/h2-4,9,12,14H,5-8,10-11H2,1H3. The van der Waals surface area contributed by atoms with E-state index >= 15 is 0 Å². The number of fused-ring (bicyclic) bond motifs is 3. The maximum absolute atomic E-state index is 5.48. The van der Waals surface area contributed by atoms with Gasteiger partial charge in [-0.05, 0) is 49.9 Å². The fraction of sp³-hybridized carbons (Fsp3) is 0.529. The second-order valence-corrected chi connectivity index (χ2v) is 6.35. The van der Waals surface area contributed by atoms with E-state index < -0.39 is 0 Å². The Hall–Kier alpha value is -1.88. The first-order valence-corrected chi connectivity index (χ1v) is 8.01. The molecular weight excluding hydrogens is 278 g/mol. The largest absolute Gasteiger partial charge is 0.497 e. The lowest BCUT2D eigenvalue weighted by atomic mass is 9.77. The zero-order chi connectivity index (χ0) is 14.9. The van der Waals surface area contributed by atoms with Crippen LogP contribution in [0.2, 0.25) is 0 Å². The van der Waals surface area contributed by atoms with Crippen molar-refractivity contribution < 1.29 is 9.26 Å². The minimum Gasteiger partial charge on any atom is -0.497 e. The van der Waals surface area contributed by atoms with E-state index in [1.165, 1.54) is 32.5 Å². The molecular formula is C17H21N3O2. The van der Waals surface area contributed by atoms with Crippen LogP contribution >= 0.6 is 0 Å². The van der Waals surface area contributed by atoms with Gasteiger partial charge in [0, 0.05) is 18.5 Å². The first-order valence-electron chi connectivity index (χ1n) is 8.01. The highest BCUT2D eigenvalue weighted by molar-refractivity contribution is 5.56. The van der Waals surface area contributed by atoms with E-state index in [1.807, 2.05) is 24.3 Å². The number of methoxy groups -OCH3 is 1. The van der Waals surface area contributed by atoms with Crippen LogP contribution in [0.25, 0.3) is 11.4 Å². The van der Waals surface area contributed by atoms with Gasteiger partial charge in [0.15, 0.2) is 0 Å². The summed E-state index contributed by atoms with van der Waals surface area (Å²) in [6.07, 6.45) is 3.54. The van der Waals surface area contributed by atoms with E-state index in [9.17, 15) is 0 Å². The Morgan fingerprint density at radius 1 is 1.32 bits per heavy atom. The molecule has 22 heavy (non-hydrogen) atoms. The van der Waals surface area contributed by atoms with E-state index in [1.54, 1.807) is 7.11 Å². The number of rotatable bonds is 4. The lowest BCUT2D eigenvalue weighted by Gasteiger charge is -2.44. The molecule has 5 heteroatoms. The molecule has 0 spiro atoms. The van der Waals surface area contributed by atoms with Crippen LogP contribution in [-0.4, -0.2) is 41.8 Å². The number of piperidine rings is 3. The van der Waals surface area contributed by atoms with E-state index in [-0.39, 0.29) is 0 Å². The van der Waals surface area contributed by atoms with Gasteiger partial charge < -0.3 is 14.2 Å². The summed E-state index contributed by atoms with van der Waals surface area (Å²) in [5.41, 5.74) is 0.934. The van der Waals surface area contributed by atoms with Crippen molar-refractivity contribution in [3.05, 3.63) is 30.2 Å².